The molecule has 4 N–H and O–H groups in total. The second-order valence-electron chi connectivity index (χ2n) is 5.45. The SMILES string of the molecule is NC1=NC2(CCCCC2)N(c2cc(F)cc(F)c2)C(N)=N1. The fraction of sp³-hybridized carbons (Fsp3) is 0.429. The minimum atomic E-state index is -0.686. The normalized spacial score (nSPS) is 21.1. The van der Waals surface area contributed by atoms with Crippen molar-refractivity contribution in [3.05, 3.63) is 29.8 Å². The lowest BCUT2D eigenvalue weighted by molar-refractivity contribution is 0.305. The number of rotatable bonds is 1. The number of aliphatic imine (C=N–C) groups is 2. The van der Waals surface area contributed by atoms with Crippen molar-refractivity contribution in [2.75, 3.05) is 4.90 Å². The van der Waals surface area contributed by atoms with Crippen molar-refractivity contribution in [2.24, 2.45) is 21.5 Å². The molecule has 1 aromatic rings. The zero-order valence-electron chi connectivity index (χ0n) is 11.5. The highest BCUT2D eigenvalue weighted by Crippen LogP contribution is 2.39. The van der Waals surface area contributed by atoms with Crippen LogP contribution in [0.2, 0.25) is 0 Å². The molecule has 1 heterocycles. The molecule has 112 valence electrons. The molecule has 0 radical (unpaired) electrons. The van der Waals surface area contributed by atoms with Crippen molar-refractivity contribution in [3.8, 4) is 0 Å². The van der Waals surface area contributed by atoms with Gasteiger partial charge in [-0.2, -0.15) is 4.99 Å². The molecular weight excluding hydrogens is 276 g/mol. The predicted octanol–water partition coefficient (Wildman–Crippen LogP) is 2.07. The lowest BCUT2D eigenvalue weighted by atomic mass is 9.87. The topological polar surface area (TPSA) is 80.0 Å². The Kier molecular flexibility index (Phi) is 3.27. The van der Waals surface area contributed by atoms with Gasteiger partial charge in [0, 0.05) is 6.07 Å². The van der Waals surface area contributed by atoms with E-state index in [-0.39, 0.29) is 11.9 Å². The van der Waals surface area contributed by atoms with E-state index in [1.165, 1.54) is 12.1 Å². The second kappa shape index (κ2) is 4.98. The van der Waals surface area contributed by atoms with Gasteiger partial charge in [-0.15, -0.1) is 0 Å². The largest absolute Gasteiger partial charge is 0.369 e. The van der Waals surface area contributed by atoms with Crippen LogP contribution in [0.1, 0.15) is 32.1 Å². The van der Waals surface area contributed by atoms with Crippen molar-refractivity contribution in [2.45, 2.75) is 37.8 Å². The Bertz CT molecular complexity index is 600. The number of hydrogen-bond acceptors (Lipinski definition) is 5. The third-order valence-electron chi connectivity index (χ3n) is 3.96. The maximum Gasteiger partial charge on any atom is 0.220 e. The van der Waals surface area contributed by atoms with Crippen LogP contribution in [0.3, 0.4) is 0 Å². The van der Waals surface area contributed by atoms with Crippen molar-refractivity contribution in [1.29, 1.82) is 0 Å². The zero-order chi connectivity index (χ0) is 15.0. The summed E-state index contributed by atoms with van der Waals surface area (Å²) in [5, 5.41) is 0. The number of guanidine groups is 2. The second-order valence-corrected chi connectivity index (χ2v) is 5.45. The highest BCUT2D eigenvalue weighted by Gasteiger charge is 2.42. The van der Waals surface area contributed by atoms with Crippen LogP contribution >= 0.6 is 0 Å². The Morgan fingerprint density at radius 1 is 1.00 bits per heavy atom. The number of anilines is 1. The van der Waals surface area contributed by atoms with Gasteiger partial charge in [0.05, 0.1) is 5.69 Å². The van der Waals surface area contributed by atoms with E-state index in [4.69, 9.17) is 11.5 Å². The maximum atomic E-state index is 13.5. The molecule has 1 aliphatic carbocycles. The minimum absolute atomic E-state index is 0.113. The summed E-state index contributed by atoms with van der Waals surface area (Å²) in [4.78, 5) is 10.0. The van der Waals surface area contributed by atoms with E-state index in [0.717, 1.165) is 38.2 Å². The van der Waals surface area contributed by atoms with Crippen LogP contribution < -0.4 is 16.4 Å². The molecule has 0 bridgehead atoms. The highest BCUT2D eigenvalue weighted by molar-refractivity contribution is 6.05. The van der Waals surface area contributed by atoms with E-state index in [1.54, 1.807) is 4.90 Å². The van der Waals surface area contributed by atoms with E-state index in [0.29, 0.717) is 5.69 Å². The fourth-order valence-electron chi connectivity index (χ4n) is 3.16. The number of nitrogens with two attached hydrogens (primary N) is 2. The first-order valence-corrected chi connectivity index (χ1v) is 6.96. The number of halogens is 2. The molecule has 0 saturated heterocycles. The molecule has 1 aromatic carbocycles. The molecule has 1 aliphatic heterocycles. The van der Waals surface area contributed by atoms with E-state index in [9.17, 15) is 8.78 Å². The predicted molar refractivity (Wildman–Crippen MR) is 77.9 cm³/mol. The van der Waals surface area contributed by atoms with Crippen LogP contribution in [0.5, 0.6) is 0 Å². The molecule has 0 amide bonds. The summed E-state index contributed by atoms with van der Waals surface area (Å²) in [5.74, 6) is -1.09. The monoisotopic (exact) mass is 293 g/mol. The Morgan fingerprint density at radius 2 is 1.62 bits per heavy atom. The van der Waals surface area contributed by atoms with Gasteiger partial charge in [-0.3, -0.25) is 4.90 Å². The summed E-state index contributed by atoms with van der Waals surface area (Å²) >= 11 is 0. The third-order valence-corrected chi connectivity index (χ3v) is 3.96. The molecule has 7 heteroatoms. The minimum Gasteiger partial charge on any atom is -0.369 e. The molecule has 0 aromatic heterocycles. The average Bonchev–Trinajstić information content (AvgIpc) is 2.37. The fourth-order valence-corrected chi connectivity index (χ4v) is 3.16. The van der Waals surface area contributed by atoms with Crippen LogP contribution in [0.15, 0.2) is 28.2 Å². The first-order chi connectivity index (χ1) is 10.00. The lowest BCUT2D eigenvalue weighted by Gasteiger charge is -2.45. The lowest BCUT2D eigenvalue weighted by Crippen LogP contribution is -2.58. The van der Waals surface area contributed by atoms with Gasteiger partial charge in [-0.05, 0) is 37.8 Å². The molecule has 1 spiro atoms. The summed E-state index contributed by atoms with van der Waals surface area (Å²) in [6.45, 7) is 0. The summed E-state index contributed by atoms with van der Waals surface area (Å²) < 4.78 is 27.1. The summed E-state index contributed by atoms with van der Waals surface area (Å²) in [5.41, 5.74) is 11.3. The summed E-state index contributed by atoms with van der Waals surface area (Å²) in [7, 11) is 0. The Labute approximate surface area is 121 Å². The Morgan fingerprint density at radius 3 is 2.24 bits per heavy atom. The first-order valence-electron chi connectivity index (χ1n) is 6.96. The van der Waals surface area contributed by atoms with Crippen LogP contribution in [0.25, 0.3) is 0 Å². The van der Waals surface area contributed by atoms with Crippen LogP contribution in [0.4, 0.5) is 14.5 Å². The van der Waals surface area contributed by atoms with Gasteiger partial charge < -0.3 is 11.5 Å². The van der Waals surface area contributed by atoms with E-state index >= 15 is 0 Å². The van der Waals surface area contributed by atoms with Gasteiger partial charge in [0.1, 0.15) is 17.3 Å². The molecule has 0 unspecified atom stereocenters. The smallest absolute Gasteiger partial charge is 0.220 e. The molecule has 3 rings (SSSR count). The molecule has 21 heavy (non-hydrogen) atoms. The van der Waals surface area contributed by atoms with Gasteiger partial charge in [0.25, 0.3) is 0 Å². The van der Waals surface area contributed by atoms with Crippen molar-refractivity contribution in [3.63, 3.8) is 0 Å². The average molecular weight is 293 g/mol. The van der Waals surface area contributed by atoms with Crippen molar-refractivity contribution < 1.29 is 8.78 Å². The number of benzene rings is 1. The number of nitrogens with zero attached hydrogens (tertiary/aromatic N) is 3. The standard InChI is InChI=1S/C14H17F2N5/c15-9-6-10(16)8-11(7-9)21-13(18)19-12(17)20-14(21)4-2-1-3-5-14/h6-8H,1-5H2,(H4,17,18,19,20). The molecule has 0 atom stereocenters. The molecule has 2 aliphatic rings. The molecule has 1 fully saturated rings. The molecule has 5 nitrogen and oxygen atoms in total. The van der Waals surface area contributed by atoms with E-state index in [1.807, 2.05) is 0 Å². The van der Waals surface area contributed by atoms with Gasteiger partial charge in [-0.1, -0.05) is 6.42 Å². The first kappa shape index (κ1) is 13.8. The number of hydrogen-bond donors (Lipinski definition) is 2. The quantitative estimate of drug-likeness (QED) is 0.832. The third kappa shape index (κ3) is 2.43. The van der Waals surface area contributed by atoms with Crippen LogP contribution in [0, 0.1) is 11.6 Å². The maximum absolute atomic E-state index is 13.5. The summed E-state index contributed by atoms with van der Waals surface area (Å²) in [6.07, 6.45) is 4.46. The highest BCUT2D eigenvalue weighted by atomic mass is 19.1. The van der Waals surface area contributed by atoms with Crippen LogP contribution in [-0.4, -0.2) is 17.6 Å². The van der Waals surface area contributed by atoms with E-state index < -0.39 is 17.3 Å². The van der Waals surface area contributed by atoms with E-state index in [2.05, 4.69) is 9.98 Å². The molecule has 1 saturated carbocycles. The Hall–Kier alpha value is -2.18. The van der Waals surface area contributed by atoms with Crippen molar-refractivity contribution in [1.82, 2.24) is 0 Å². The van der Waals surface area contributed by atoms with Gasteiger partial charge >= 0.3 is 0 Å². The van der Waals surface area contributed by atoms with Crippen LogP contribution in [-0.2, 0) is 0 Å². The van der Waals surface area contributed by atoms with Gasteiger partial charge in [-0.25, -0.2) is 13.8 Å². The zero-order valence-corrected chi connectivity index (χ0v) is 11.5. The van der Waals surface area contributed by atoms with Crippen molar-refractivity contribution >= 4 is 17.6 Å². The van der Waals surface area contributed by atoms with Gasteiger partial charge in [0.15, 0.2) is 0 Å². The Balaban J connectivity index is 2.10. The summed E-state index contributed by atoms with van der Waals surface area (Å²) in [6, 6.07) is 3.30. The van der Waals surface area contributed by atoms with Gasteiger partial charge in [0.2, 0.25) is 11.9 Å². The molecular formula is C14H17F2N5.